The lowest BCUT2D eigenvalue weighted by atomic mass is 10.2. The molecule has 2 heterocycles. The van der Waals surface area contributed by atoms with Crippen molar-refractivity contribution in [2.45, 2.75) is 18.1 Å². The molecule has 26 heavy (non-hydrogen) atoms. The second-order valence-corrected chi connectivity index (χ2v) is 7.75. The Balaban J connectivity index is 1.47. The molecule has 0 saturated carbocycles. The molecule has 3 aromatic rings. The first-order chi connectivity index (χ1) is 12.6. The summed E-state index contributed by atoms with van der Waals surface area (Å²) in [6, 6.07) is 9.36. The van der Waals surface area contributed by atoms with Crippen LogP contribution in [0.4, 0.5) is 0 Å². The summed E-state index contributed by atoms with van der Waals surface area (Å²) in [5, 5.41) is 13.1. The van der Waals surface area contributed by atoms with Crippen molar-refractivity contribution in [2.24, 2.45) is 0 Å². The number of thiophene rings is 1. The fourth-order valence-electron chi connectivity index (χ4n) is 2.26. The average Bonchev–Trinajstić information content (AvgIpc) is 3.31. The van der Waals surface area contributed by atoms with Gasteiger partial charge >= 0.3 is 0 Å². The lowest BCUT2D eigenvalue weighted by Gasteiger charge is -2.09. The molecule has 2 N–H and O–H groups in total. The Bertz CT molecular complexity index is 868. The fourth-order valence-corrected chi connectivity index (χ4v) is 3.81. The topological polar surface area (TPSA) is 79.9 Å². The number of aromatic nitrogens is 3. The zero-order valence-electron chi connectivity index (χ0n) is 14.0. The van der Waals surface area contributed by atoms with Gasteiger partial charge in [-0.25, -0.2) is 4.98 Å². The van der Waals surface area contributed by atoms with Gasteiger partial charge in [0.1, 0.15) is 11.6 Å². The minimum absolute atomic E-state index is 0.110. The summed E-state index contributed by atoms with van der Waals surface area (Å²) in [7, 11) is 1.58. The summed E-state index contributed by atoms with van der Waals surface area (Å²) in [6.07, 6.45) is 0.714. The molecular weight excluding hydrogens is 392 g/mol. The first kappa shape index (κ1) is 18.8. The third-order valence-electron chi connectivity index (χ3n) is 3.48. The number of benzene rings is 1. The van der Waals surface area contributed by atoms with Gasteiger partial charge in [-0.1, -0.05) is 29.4 Å². The standard InChI is InChI=1S/C17H17ClN4O2S2/c1-24-14-5-4-12(18)7-11(14)9-19-16(23)10-26-17-20-15(21-22-17)8-13-3-2-6-25-13/h2-7H,8-10H2,1H3,(H,19,23)(H,20,21,22). The molecule has 3 rings (SSSR count). The highest BCUT2D eigenvalue weighted by molar-refractivity contribution is 7.99. The summed E-state index contributed by atoms with van der Waals surface area (Å²) in [5.41, 5.74) is 0.828. The van der Waals surface area contributed by atoms with Crippen molar-refractivity contribution in [1.29, 1.82) is 0 Å². The van der Waals surface area contributed by atoms with E-state index in [0.29, 0.717) is 28.9 Å². The van der Waals surface area contributed by atoms with Gasteiger partial charge in [0, 0.05) is 28.4 Å². The summed E-state index contributed by atoms with van der Waals surface area (Å²) in [6.45, 7) is 0.348. The smallest absolute Gasteiger partial charge is 0.230 e. The molecule has 0 unspecified atom stereocenters. The van der Waals surface area contributed by atoms with Crippen molar-refractivity contribution < 1.29 is 9.53 Å². The molecule has 136 valence electrons. The first-order valence-electron chi connectivity index (χ1n) is 7.79. The number of aromatic amines is 1. The summed E-state index contributed by atoms with van der Waals surface area (Å²) in [4.78, 5) is 17.7. The van der Waals surface area contributed by atoms with Gasteiger partial charge < -0.3 is 10.1 Å². The van der Waals surface area contributed by atoms with Crippen molar-refractivity contribution >= 4 is 40.6 Å². The van der Waals surface area contributed by atoms with E-state index in [1.165, 1.54) is 16.6 Å². The van der Waals surface area contributed by atoms with Gasteiger partial charge in [0.2, 0.25) is 11.1 Å². The average molecular weight is 409 g/mol. The largest absolute Gasteiger partial charge is 0.496 e. The van der Waals surface area contributed by atoms with E-state index in [2.05, 4.69) is 26.6 Å². The van der Waals surface area contributed by atoms with E-state index in [1.807, 2.05) is 11.4 Å². The van der Waals surface area contributed by atoms with Crippen LogP contribution in [0, 0.1) is 0 Å². The van der Waals surface area contributed by atoms with Gasteiger partial charge in [0.15, 0.2) is 0 Å². The van der Waals surface area contributed by atoms with Crippen LogP contribution in [0.25, 0.3) is 0 Å². The summed E-state index contributed by atoms with van der Waals surface area (Å²) < 4.78 is 5.27. The van der Waals surface area contributed by atoms with Crippen LogP contribution in [0.15, 0.2) is 40.9 Å². The van der Waals surface area contributed by atoms with E-state index < -0.39 is 0 Å². The van der Waals surface area contributed by atoms with Crippen LogP contribution in [-0.4, -0.2) is 34.0 Å². The number of nitrogens with one attached hydrogen (secondary N) is 2. The third kappa shape index (κ3) is 5.23. The quantitative estimate of drug-likeness (QED) is 0.557. The Labute approximate surface area is 164 Å². The molecule has 0 radical (unpaired) electrons. The first-order valence-corrected chi connectivity index (χ1v) is 10.0. The normalized spacial score (nSPS) is 10.7. The number of carbonyl (C=O) groups is 1. The number of carbonyl (C=O) groups excluding carboxylic acids is 1. The molecule has 0 bridgehead atoms. The Hall–Kier alpha value is -2.03. The van der Waals surface area contributed by atoms with Gasteiger partial charge in [-0.3, -0.25) is 9.89 Å². The lowest BCUT2D eigenvalue weighted by Crippen LogP contribution is -2.24. The number of hydrogen-bond donors (Lipinski definition) is 2. The Kier molecular flexibility index (Phi) is 6.54. The minimum atomic E-state index is -0.110. The fraction of sp³-hybridized carbons (Fsp3) is 0.235. The van der Waals surface area contributed by atoms with Crippen molar-refractivity contribution in [2.75, 3.05) is 12.9 Å². The molecule has 0 atom stereocenters. The number of thioether (sulfide) groups is 1. The van der Waals surface area contributed by atoms with Crippen molar-refractivity contribution in [3.63, 3.8) is 0 Å². The van der Waals surface area contributed by atoms with Crippen LogP contribution in [0.1, 0.15) is 16.3 Å². The molecule has 0 spiro atoms. The molecule has 0 aliphatic carbocycles. The Morgan fingerprint density at radius 3 is 3.08 bits per heavy atom. The maximum atomic E-state index is 12.1. The molecule has 1 amide bonds. The number of nitrogens with zero attached hydrogens (tertiary/aromatic N) is 2. The van der Waals surface area contributed by atoms with Crippen molar-refractivity contribution in [1.82, 2.24) is 20.5 Å². The van der Waals surface area contributed by atoms with Gasteiger partial charge in [-0.05, 0) is 29.6 Å². The molecule has 6 nitrogen and oxygen atoms in total. The molecule has 0 aliphatic heterocycles. The lowest BCUT2D eigenvalue weighted by molar-refractivity contribution is -0.118. The zero-order chi connectivity index (χ0) is 18.4. The molecule has 9 heteroatoms. The minimum Gasteiger partial charge on any atom is -0.496 e. The second kappa shape index (κ2) is 9.07. The number of halogens is 1. The van der Waals surface area contributed by atoms with E-state index in [0.717, 1.165) is 11.4 Å². The van der Waals surface area contributed by atoms with Crippen LogP contribution >= 0.6 is 34.7 Å². The van der Waals surface area contributed by atoms with E-state index >= 15 is 0 Å². The predicted octanol–water partition coefficient (Wildman–Crippen LogP) is 3.53. The van der Waals surface area contributed by atoms with Crippen LogP contribution < -0.4 is 10.1 Å². The number of hydrogen-bond acceptors (Lipinski definition) is 6. The number of ether oxygens (including phenoxy) is 1. The van der Waals surface area contributed by atoms with Gasteiger partial charge in [0.25, 0.3) is 0 Å². The van der Waals surface area contributed by atoms with Crippen molar-refractivity contribution in [3.8, 4) is 5.75 Å². The van der Waals surface area contributed by atoms with Crippen LogP contribution in [-0.2, 0) is 17.8 Å². The van der Waals surface area contributed by atoms with Gasteiger partial charge in [0.05, 0.1) is 12.9 Å². The van der Waals surface area contributed by atoms with Crippen LogP contribution in [0.5, 0.6) is 5.75 Å². The van der Waals surface area contributed by atoms with Crippen LogP contribution in [0.2, 0.25) is 5.02 Å². The summed E-state index contributed by atoms with van der Waals surface area (Å²) in [5.74, 6) is 1.61. The van der Waals surface area contributed by atoms with E-state index in [-0.39, 0.29) is 11.7 Å². The molecule has 0 aliphatic rings. The van der Waals surface area contributed by atoms with Gasteiger partial charge in [-0.2, -0.15) is 0 Å². The monoisotopic (exact) mass is 408 g/mol. The van der Waals surface area contributed by atoms with Gasteiger partial charge in [-0.15, -0.1) is 16.4 Å². The molecular formula is C17H17ClN4O2S2. The second-order valence-electron chi connectivity index (χ2n) is 5.34. The van der Waals surface area contributed by atoms with Crippen molar-refractivity contribution in [3.05, 3.63) is 57.0 Å². The molecule has 2 aromatic heterocycles. The molecule has 0 fully saturated rings. The molecule has 1 aromatic carbocycles. The predicted molar refractivity (Wildman–Crippen MR) is 104 cm³/mol. The number of rotatable bonds is 8. The number of amides is 1. The SMILES string of the molecule is COc1ccc(Cl)cc1CNC(=O)CSc1n[nH]c(Cc2cccs2)n1. The highest BCUT2D eigenvalue weighted by Crippen LogP contribution is 2.22. The highest BCUT2D eigenvalue weighted by atomic mass is 35.5. The van der Waals surface area contributed by atoms with E-state index in [1.54, 1.807) is 36.6 Å². The molecule has 0 saturated heterocycles. The maximum absolute atomic E-state index is 12.1. The third-order valence-corrected chi connectivity index (χ3v) is 5.44. The number of methoxy groups -OCH3 is 1. The van der Waals surface area contributed by atoms with E-state index in [9.17, 15) is 4.79 Å². The highest BCUT2D eigenvalue weighted by Gasteiger charge is 2.10. The Morgan fingerprint density at radius 1 is 1.42 bits per heavy atom. The van der Waals surface area contributed by atoms with E-state index in [4.69, 9.17) is 16.3 Å². The Morgan fingerprint density at radius 2 is 2.31 bits per heavy atom. The maximum Gasteiger partial charge on any atom is 0.230 e. The number of H-pyrrole nitrogens is 1. The summed E-state index contributed by atoms with van der Waals surface area (Å²) >= 11 is 8.96. The van der Waals surface area contributed by atoms with Crippen LogP contribution in [0.3, 0.4) is 0 Å². The zero-order valence-corrected chi connectivity index (χ0v) is 16.4.